The number of para-hydroxylation sites is 1. The highest BCUT2D eigenvalue weighted by atomic mass is 16.5. The maximum absolute atomic E-state index is 11.9. The van der Waals surface area contributed by atoms with Gasteiger partial charge in [0, 0.05) is 29.3 Å². The molecule has 1 heterocycles. The van der Waals surface area contributed by atoms with Crippen LogP contribution in [0.25, 0.3) is 10.9 Å². The van der Waals surface area contributed by atoms with E-state index in [1.54, 1.807) is 30.5 Å². The fourth-order valence-corrected chi connectivity index (χ4v) is 2.44. The third-order valence-electron chi connectivity index (χ3n) is 3.60. The van der Waals surface area contributed by atoms with Crippen molar-refractivity contribution in [1.29, 1.82) is 0 Å². The number of pyridine rings is 1. The number of aliphatic hydroxyl groups is 1. The van der Waals surface area contributed by atoms with E-state index in [2.05, 4.69) is 10.3 Å². The normalized spacial score (nSPS) is 10.5. The summed E-state index contributed by atoms with van der Waals surface area (Å²) in [5.41, 5.74) is 2.40. The molecule has 0 saturated carbocycles. The molecule has 0 spiro atoms. The molecule has 3 rings (SSSR count). The Balaban J connectivity index is 1.73. The van der Waals surface area contributed by atoms with Gasteiger partial charge in [0.25, 0.3) is 5.91 Å². The van der Waals surface area contributed by atoms with E-state index in [9.17, 15) is 4.79 Å². The molecule has 2 N–H and O–H groups in total. The second-order valence-corrected chi connectivity index (χ2v) is 5.29. The Morgan fingerprint density at radius 3 is 2.83 bits per heavy atom. The summed E-state index contributed by atoms with van der Waals surface area (Å²) in [5.74, 6) is 0.376. The molecule has 0 aliphatic rings. The van der Waals surface area contributed by atoms with Gasteiger partial charge in [-0.3, -0.25) is 9.78 Å². The lowest BCUT2D eigenvalue weighted by atomic mass is 10.1. The number of fused-ring (bicyclic) bond motifs is 1. The van der Waals surface area contributed by atoms with Gasteiger partial charge in [-0.1, -0.05) is 30.3 Å². The lowest BCUT2D eigenvalue weighted by Gasteiger charge is -2.10. The second-order valence-electron chi connectivity index (χ2n) is 5.29. The van der Waals surface area contributed by atoms with E-state index < -0.39 is 0 Å². The van der Waals surface area contributed by atoms with Crippen LogP contribution in [0.4, 0.5) is 0 Å². The fourth-order valence-electron chi connectivity index (χ4n) is 2.44. The number of carbonyl (C=O) groups is 1. The minimum atomic E-state index is -0.235. The van der Waals surface area contributed by atoms with E-state index in [1.165, 1.54) is 0 Å². The summed E-state index contributed by atoms with van der Waals surface area (Å²) >= 11 is 0. The van der Waals surface area contributed by atoms with Gasteiger partial charge in [0.15, 0.2) is 0 Å². The number of hydrogen-bond acceptors (Lipinski definition) is 4. The highest BCUT2D eigenvalue weighted by Crippen LogP contribution is 2.19. The number of aliphatic hydroxyl groups excluding tert-OH is 1. The summed E-state index contributed by atoms with van der Waals surface area (Å²) in [7, 11) is 0. The zero-order valence-corrected chi connectivity index (χ0v) is 13.1. The van der Waals surface area contributed by atoms with Gasteiger partial charge in [-0.05, 0) is 24.3 Å². The van der Waals surface area contributed by atoms with Crippen molar-refractivity contribution in [2.75, 3.05) is 13.2 Å². The molecule has 24 heavy (non-hydrogen) atoms. The Kier molecular flexibility index (Phi) is 5.03. The first-order valence-electron chi connectivity index (χ1n) is 7.72. The average molecular weight is 322 g/mol. The monoisotopic (exact) mass is 322 g/mol. The van der Waals surface area contributed by atoms with Crippen LogP contribution in [-0.2, 0) is 6.61 Å². The molecular formula is C19H18N2O3. The van der Waals surface area contributed by atoms with Crippen LogP contribution in [-0.4, -0.2) is 29.1 Å². The van der Waals surface area contributed by atoms with Crippen molar-refractivity contribution in [3.05, 3.63) is 71.9 Å². The number of aromatic nitrogens is 1. The summed E-state index contributed by atoms with van der Waals surface area (Å²) in [5, 5.41) is 12.5. The molecule has 0 bridgehead atoms. The zero-order chi connectivity index (χ0) is 16.8. The number of amides is 1. The molecule has 3 aromatic rings. The topological polar surface area (TPSA) is 71.5 Å². The molecule has 2 aromatic carbocycles. The van der Waals surface area contributed by atoms with Gasteiger partial charge < -0.3 is 15.2 Å². The maximum atomic E-state index is 11.9. The van der Waals surface area contributed by atoms with E-state index in [0.29, 0.717) is 17.9 Å². The van der Waals surface area contributed by atoms with Crippen LogP contribution in [0.2, 0.25) is 0 Å². The van der Waals surface area contributed by atoms with Crippen molar-refractivity contribution >= 4 is 16.8 Å². The molecular weight excluding hydrogens is 304 g/mol. The highest BCUT2D eigenvalue weighted by Gasteiger charge is 2.07. The molecule has 1 aromatic heterocycles. The molecule has 0 radical (unpaired) electrons. The predicted molar refractivity (Wildman–Crippen MR) is 91.9 cm³/mol. The number of nitrogens with zero attached hydrogens (tertiary/aromatic N) is 1. The Labute approximate surface area is 139 Å². The minimum absolute atomic E-state index is 0.0873. The Hall–Kier alpha value is -2.92. The smallest absolute Gasteiger partial charge is 0.251 e. The van der Waals surface area contributed by atoms with E-state index in [0.717, 1.165) is 16.5 Å². The molecule has 0 fully saturated rings. The quantitative estimate of drug-likeness (QED) is 0.731. The second kappa shape index (κ2) is 7.57. The van der Waals surface area contributed by atoms with Crippen molar-refractivity contribution in [3.8, 4) is 5.75 Å². The zero-order valence-electron chi connectivity index (χ0n) is 13.1. The largest absolute Gasteiger partial charge is 0.489 e. The molecule has 0 atom stereocenters. The summed E-state index contributed by atoms with van der Waals surface area (Å²) in [6.45, 7) is 0.512. The Morgan fingerprint density at radius 2 is 1.96 bits per heavy atom. The number of benzene rings is 2. The average Bonchev–Trinajstić information content (AvgIpc) is 2.64. The molecule has 0 aliphatic carbocycles. The van der Waals surface area contributed by atoms with Gasteiger partial charge >= 0.3 is 0 Å². The van der Waals surface area contributed by atoms with Crippen LogP contribution < -0.4 is 10.1 Å². The fraction of sp³-hybridized carbons (Fsp3) is 0.158. The van der Waals surface area contributed by atoms with E-state index in [4.69, 9.17) is 9.84 Å². The Bertz CT molecular complexity index is 843. The van der Waals surface area contributed by atoms with E-state index in [-0.39, 0.29) is 19.1 Å². The number of rotatable bonds is 6. The van der Waals surface area contributed by atoms with Crippen LogP contribution in [0.15, 0.2) is 60.8 Å². The number of hydrogen-bond donors (Lipinski definition) is 2. The van der Waals surface area contributed by atoms with Crippen molar-refractivity contribution in [3.63, 3.8) is 0 Å². The standard InChI is InChI=1S/C19H18N2O3/c22-11-10-21-19(23)15-5-2-8-17(12-15)24-13-16-6-1-4-14-7-3-9-20-18(14)16/h1-9,12,22H,10-11,13H2,(H,21,23). The van der Waals surface area contributed by atoms with Crippen molar-refractivity contribution in [2.24, 2.45) is 0 Å². The number of ether oxygens (including phenoxy) is 1. The van der Waals surface area contributed by atoms with Crippen LogP contribution in [0.1, 0.15) is 15.9 Å². The molecule has 122 valence electrons. The SMILES string of the molecule is O=C(NCCO)c1cccc(OCc2cccc3cccnc23)c1. The van der Waals surface area contributed by atoms with Crippen LogP contribution in [0.3, 0.4) is 0 Å². The predicted octanol–water partition coefficient (Wildman–Crippen LogP) is 2.54. The Morgan fingerprint density at radius 1 is 1.12 bits per heavy atom. The lowest BCUT2D eigenvalue weighted by Crippen LogP contribution is -2.26. The van der Waals surface area contributed by atoms with Crippen LogP contribution in [0.5, 0.6) is 5.75 Å². The molecule has 5 nitrogen and oxygen atoms in total. The third-order valence-corrected chi connectivity index (χ3v) is 3.60. The molecule has 0 aliphatic heterocycles. The summed E-state index contributed by atoms with van der Waals surface area (Å²) in [6.07, 6.45) is 1.76. The van der Waals surface area contributed by atoms with Crippen LogP contribution >= 0.6 is 0 Å². The number of carbonyl (C=O) groups excluding carboxylic acids is 1. The minimum Gasteiger partial charge on any atom is -0.489 e. The van der Waals surface area contributed by atoms with Gasteiger partial charge in [-0.15, -0.1) is 0 Å². The maximum Gasteiger partial charge on any atom is 0.251 e. The van der Waals surface area contributed by atoms with E-state index >= 15 is 0 Å². The van der Waals surface area contributed by atoms with Gasteiger partial charge in [0.2, 0.25) is 0 Å². The van der Waals surface area contributed by atoms with Gasteiger partial charge in [0.1, 0.15) is 12.4 Å². The summed E-state index contributed by atoms with van der Waals surface area (Å²) in [6, 6.07) is 16.8. The molecule has 0 saturated heterocycles. The number of nitrogens with one attached hydrogen (secondary N) is 1. The highest BCUT2D eigenvalue weighted by molar-refractivity contribution is 5.94. The van der Waals surface area contributed by atoms with Crippen molar-refractivity contribution < 1.29 is 14.6 Å². The lowest BCUT2D eigenvalue weighted by molar-refractivity contribution is 0.0944. The van der Waals surface area contributed by atoms with Crippen LogP contribution in [0, 0.1) is 0 Å². The van der Waals surface area contributed by atoms with E-state index in [1.807, 2.05) is 30.3 Å². The first-order chi connectivity index (χ1) is 11.8. The molecule has 5 heteroatoms. The van der Waals surface area contributed by atoms with Crippen molar-refractivity contribution in [1.82, 2.24) is 10.3 Å². The third kappa shape index (κ3) is 3.70. The molecule has 1 amide bonds. The first-order valence-corrected chi connectivity index (χ1v) is 7.72. The summed E-state index contributed by atoms with van der Waals surface area (Å²) < 4.78 is 5.83. The first kappa shape index (κ1) is 16.0. The van der Waals surface area contributed by atoms with Crippen molar-refractivity contribution in [2.45, 2.75) is 6.61 Å². The summed E-state index contributed by atoms with van der Waals surface area (Å²) in [4.78, 5) is 16.3. The van der Waals surface area contributed by atoms with Gasteiger partial charge in [0.05, 0.1) is 12.1 Å². The molecule has 0 unspecified atom stereocenters. The van der Waals surface area contributed by atoms with Gasteiger partial charge in [-0.25, -0.2) is 0 Å². The van der Waals surface area contributed by atoms with Gasteiger partial charge in [-0.2, -0.15) is 0 Å².